The second kappa shape index (κ2) is 7.94. The summed E-state index contributed by atoms with van der Waals surface area (Å²) in [6.07, 6.45) is 3.92. The number of nitrogens with zero attached hydrogens (tertiary/aromatic N) is 1. The molecule has 0 saturated heterocycles. The van der Waals surface area contributed by atoms with E-state index in [1.807, 2.05) is 31.2 Å². The van der Waals surface area contributed by atoms with Gasteiger partial charge in [0.1, 0.15) is 5.76 Å². The van der Waals surface area contributed by atoms with Gasteiger partial charge in [0.05, 0.1) is 24.9 Å². The molecule has 0 fully saturated rings. The van der Waals surface area contributed by atoms with E-state index in [4.69, 9.17) is 16.0 Å². The largest absolute Gasteiger partial charge is 0.465 e. The minimum absolute atomic E-state index is 0.284. The number of amides is 1. The Labute approximate surface area is 179 Å². The van der Waals surface area contributed by atoms with E-state index in [9.17, 15) is 14.7 Å². The molecule has 2 aromatic carbocycles. The first kappa shape index (κ1) is 20.1. The van der Waals surface area contributed by atoms with Crippen molar-refractivity contribution in [2.45, 2.75) is 25.5 Å². The summed E-state index contributed by atoms with van der Waals surface area (Å²) in [5, 5.41) is 11.7. The lowest BCUT2D eigenvalue weighted by molar-refractivity contribution is -0.140. The van der Waals surface area contributed by atoms with Crippen LogP contribution < -0.4 is 4.90 Å². The standard InChI is InChI=1S/C24H20ClNO4/c1-16-4-6-17(7-5-16)15-26-22-11-8-18(25)13-21(22)24(29,23(26)28)14-19(27)9-10-20-3-2-12-30-20/h2-13,29H,14-15H2,1H3/b10-9+. The zero-order valence-corrected chi connectivity index (χ0v) is 17.1. The smallest absolute Gasteiger partial charge is 0.264 e. The van der Waals surface area contributed by atoms with Crippen molar-refractivity contribution in [1.29, 1.82) is 0 Å². The minimum Gasteiger partial charge on any atom is -0.465 e. The zero-order chi connectivity index (χ0) is 21.3. The number of carbonyl (C=O) groups excluding carboxylic acids is 2. The summed E-state index contributed by atoms with van der Waals surface area (Å²) in [6.45, 7) is 2.27. The van der Waals surface area contributed by atoms with E-state index in [-0.39, 0.29) is 13.0 Å². The molecule has 1 aromatic heterocycles. The quantitative estimate of drug-likeness (QED) is 0.588. The second-order valence-corrected chi connectivity index (χ2v) is 7.83. The average molecular weight is 422 g/mol. The van der Waals surface area contributed by atoms with Gasteiger partial charge in [-0.2, -0.15) is 0 Å². The highest BCUT2D eigenvalue weighted by Gasteiger charge is 2.50. The SMILES string of the molecule is Cc1ccc(CN2C(=O)C(O)(CC(=O)/C=C/c3ccco3)c3cc(Cl)ccc32)cc1. The monoisotopic (exact) mass is 421 g/mol. The number of allylic oxidation sites excluding steroid dienone is 1. The Kier molecular flexibility index (Phi) is 5.33. The average Bonchev–Trinajstić information content (AvgIpc) is 3.30. The highest BCUT2D eigenvalue weighted by Crippen LogP contribution is 2.44. The molecule has 0 saturated carbocycles. The number of hydrogen-bond donors (Lipinski definition) is 1. The minimum atomic E-state index is -1.98. The Morgan fingerprint density at radius 3 is 2.67 bits per heavy atom. The van der Waals surface area contributed by atoms with Crippen molar-refractivity contribution >= 4 is 35.1 Å². The molecule has 1 aliphatic heterocycles. The van der Waals surface area contributed by atoms with Gasteiger partial charge in [0.25, 0.3) is 5.91 Å². The highest BCUT2D eigenvalue weighted by molar-refractivity contribution is 6.31. The molecular formula is C24H20ClNO4. The number of aliphatic hydroxyl groups is 1. The first-order valence-electron chi connectivity index (χ1n) is 9.51. The molecule has 5 nitrogen and oxygen atoms in total. The van der Waals surface area contributed by atoms with Crippen molar-refractivity contribution < 1.29 is 19.1 Å². The Morgan fingerprint density at radius 1 is 1.20 bits per heavy atom. The van der Waals surface area contributed by atoms with Crippen LogP contribution in [0.15, 0.2) is 71.4 Å². The summed E-state index contributed by atoms with van der Waals surface area (Å²) in [6, 6.07) is 16.1. The maximum absolute atomic E-state index is 13.3. The van der Waals surface area contributed by atoms with Crippen LogP contribution in [-0.2, 0) is 21.7 Å². The normalized spacial score (nSPS) is 18.2. The van der Waals surface area contributed by atoms with E-state index in [0.717, 1.165) is 11.1 Å². The molecule has 1 unspecified atom stereocenters. The van der Waals surface area contributed by atoms with Gasteiger partial charge in [0.2, 0.25) is 0 Å². The van der Waals surface area contributed by atoms with Gasteiger partial charge in [-0.25, -0.2) is 0 Å². The molecule has 1 aliphatic rings. The van der Waals surface area contributed by atoms with Gasteiger partial charge in [-0.3, -0.25) is 9.59 Å². The maximum Gasteiger partial charge on any atom is 0.264 e. The van der Waals surface area contributed by atoms with Crippen LogP contribution in [0.25, 0.3) is 6.08 Å². The summed E-state index contributed by atoms with van der Waals surface area (Å²) >= 11 is 6.14. The van der Waals surface area contributed by atoms with Crippen molar-refractivity contribution in [3.8, 4) is 0 Å². The number of benzene rings is 2. The van der Waals surface area contributed by atoms with Crippen LogP contribution in [0.3, 0.4) is 0 Å². The van der Waals surface area contributed by atoms with E-state index in [1.54, 1.807) is 30.3 Å². The van der Waals surface area contributed by atoms with Crippen molar-refractivity contribution in [3.05, 3.63) is 94.4 Å². The molecular weight excluding hydrogens is 402 g/mol. The summed E-state index contributed by atoms with van der Waals surface area (Å²) < 4.78 is 5.17. The molecule has 1 atom stereocenters. The van der Waals surface area contributed by atoms with E-state index in [2.05, 4.69) is 0 Å². The van der Waals surface area contributed by atoms with Gasteiger partial charge in [-0.05, 0) is 55.0 Å². The lowest BCUT2D eigenvalue weighted by Crippen LogP contribution is -2.41. The first-order chi connectivity index (χ1) is 14.4. The molecule has 4 rings (SSSR count). The first-order valence-corrected chi connectivity index (χ1v) is 9.89. The molecule has 0 bridgehead atoms. The van der Waals surface area contributed by atoms with Crippen LogP contribution in [0.4, 0.5) is 5.69 Å². The van der Waals surface area contributed by atoms with Gasteiger partial charge in [0, 0.05) is 10.6 Å². The zero-order valence-electron chi connectivity index (χ0n) is 16.3. The third-order valence-corrected chi connectivity index (χ3v) is 5.40. The van der Waals surface area contributed by atoms with Crippen LogP contribution in [0, 0.1) is 6.92 Å². The lowest BCUT2D eigenvalue weighted by atomic mass is 9.90. The fourth-order valence-electron chi connectivity index (χ4n) is 3.60. The summed E-state index contributed by atoms with van der Waals surface area (Å²) in [4.78, 5) is 27.3. The number of rotatable bonds is 6. The van der Waals surface area contributed by atoms with Crippen LogP contribution in [0.2, 0.25) is 5.02 Å². The summed E-state index contributed by atoms with van der Waals surface area (Å²) in [7, 11) is 0. The molecule has 0 spiro atoms. The van der Waals surface area contributed by atoms with Crippen LogP contribution in [0.5, 0.6) is 0 Å². The molecule has 6 heteroatoms. The highest BCUT2D eigenvalue weighted by atomic mass is 35.5. The van der Waals surface area contributed by atoms with E-state index in [0.29, 0.717) is 22.0 Å². The fraction of sp³-hybridized carbons (Fsp3) is 0.167. The van der Waals surface area contributed by atoms with Crippen molar-refractivity contribution in [2.75, 3.05) is 4.90 Å². The topological polar surface area (TPSA) is 70.8 Å². The summed E-state index contributed by atoms with van der Waals surface area (Å²) in [5.41, 5.74) is 0.949. The predicted octanol–water partition coefficient (Wildman–Crippen LogP) is 4.65. The van der Waals surface area contributed by atoms with Gasteiger partial charge >= 0.3 is 0 Å². The van der Waals surface area contributed by atoms with Crippen LogP contribution in [-0.4, -0.2) is 16.8 Å². The van der Waals surface area contributed by atoms with Crippen LogP contribution in [0.1, 0.15) is 28.9 Å². The number of anilines is 1. The third kappa shape index (κ3) is 3.82. The molecule has 3 aromatic rings. The van der Waals surface area contributed by atoms with Gasteiger partial charge in [0.15, 0.2) is 11.4 Å². The van der Waals surface area contributed by atoms with Crippen LogP contribution >= 0.6 is 11.6 Å². The molecule has 1 amide bonds. The number of halogens is 1. The van der Waals surface area contributed by atoms with Gasteiger partial charge in [-0.1, -0.05) is 41.4 Å². The number of fused-ring (bicyclic) bond motifs is 1. The molecule has 1 N–H and O–H groups in total. The van der Waals surface area contributed by atoms with Crippen molar-refractivity contribution in [3.63, 3.8) is 0 Å². The predicted molar refractivity (Wildman–Crippen MR) is 115 cm³/mol. The molecule has 0 aliphatic carbocycles. The Hall–Kier alpha value is -3.15. The molecule has 0 radical (unpaired) electrons. The number of aryl methyl sites for hydroxylation is 1. The van der Waals surface area contributed by atoms with Gasteiger partial charge < -0.3 is 14.4 Å². The van der Waals surface area contributed by atoms with E-state index >= 15 is 0 Å². The number of furan rings is 1. The van der Waals surface area contributed by atoms with Gasteiger partial charge in [-0.15, -0.1) is 0 Å². The third-order valence-electron chi connectivity index (χ3n) is 5.16. The second-order valence-electron chi connectivity index (χ2n) is 7.39. The number of hydrogen-bond acceptors (Lipinski definition) is 4. The van der Waals surface area contributed by atoms with E-state index in [1.165, 1.54) is 23.3 Å². The van der Waals surface area contributed by atoms with Crippen molar-refractivity contribution in [2.24, 2.45) is 0 Å². The summed E-state index contributed by atoms with van der Waals surface area (Å²) in [5.74, 6) is -0.428. The molecule has 30 heavy (non-hydrogen) atoms. The fourth-order valence-corrected chi connectivity index (χ4v) is 3.77. The molecule has 152 valence electrons. The number of ketones is 1. The van der Waals surface area contributed by atoms with Crippen molar-refractivity contribution in [1.82, 2.24) is 0 Å². The maximum atomic E-state index is 13.3. The Bertz CT molecular complexity index is 1120. The lowest BCUT2D eigenvalue weighted by Gasteiger charge is -2.22. The molecule has 2 heterocycles. The Morgan fingerprint density at radius 2 is 1.97 bits per heavy atom. The number of carbonyl (C=O) groups is 2. The Balaban J connectivity index is 1.64. The van der Waals surface area contributed by atoms with E-state index < -0.39 is 17.3 Å².